The summed E-state index contributed by atoms with van der Waals surface area (Å²) in [6.45, 7) is 0.231. The smallest absolute Gasteiger partial charge is 0.212 e. The molecule has 0 aliphatic carbocycles. The maximum Gasteiger partial charge on any atom is 0.212 e. The summed E-state index contributed by atoms with van der Waals surface area (Å²) < 4.78 is 26.4. The Morgan fingerprint density at radius 2 is 2.00 bits per heavy atom. The molecule has 0 atom stereocenters. The topological polar surface area (TPSA) is 71.1 Å². The van der Waals surface area contributed by atoms with E-state index in [0.29, 0.717) is 6.42 Å². The van der Waals surface area contributed by atoms with Gasteiger partial charge in [-0.2, -0.15) is 0 Å². The lowest BCUT2D eigenvalue weighted by Crippen LogP contribution is -2.27. The van der Waals surface area contributed by atoms with Crippen molar-refractivity contribution in [2.45, 2.75) is 13.0 Å². The van der Waals surface area contributed by atoms with Crippen molar-refractivity contribution in [3.63, 3.8) is 0 Å². The van der Waals surface area contributed by atoms with Gasteiger partial charge >= 0.3 is 0 Å². The van der Waals surface area contributed by atoms with E-state index in [-0.39, 0.29) is 12.3 Å². The minimum absolute atomic E-state index is 0.0834. The molecule has 0 radical (unpaired) electrons. The molecule has 2 aromatic rings. The second kappa shape index (κ2) is 6.83. The fraction of sp³-hybridized carbons (Fsp3) is 0.308. The molecular formula is C13H17N3O2S2. The molecule has 20 heavy (non-hydrogen) atoms. The largest absolute Gasteiger partial charge is 0.365 e. The lowest BCUT2D eigenvalue weighted by atomic mass is 10.2. The Hall–Kier alpha value is -1.44. The highest BCUT2D eigenvalue weighted by molar-refractivity contribution is 7.89. The maximum absolute atomic E-state index is 11.9. The summed E-state index contributed by atoms with van der Waals surface area (Å²) in [6, 6.07) is 9.58. The van der Waals surface area contributed by atoms with Gasteiger partial charge in [-0.1, -0.05) is 30.3 Å². The standard InChI is InChI=1S/C13H17N3O2S2/c1-14-13-16-12(10-19-13)9-15-20(17,18)8-7-11-5-3-2-4-6-11/h2-6,10,15H,7-9H2,1H3,(H,14,16). The zero-order chi connectivity index (χ0) is 14.4. The number of rotatable bonds is 7. The van der Waals surface area contributed by atoms with Crippen LogP contribution in [0.4, 0.5) is 5.13 Å². The predicted molar refractivity (Wildman–Crippen MR) is 82.4 cm³/mol. The second-order valence-electron chi connectivity index (χ2n) is 4.27. The first-order valence-electron chi connectivity index (χ1n) is 6.22. The van der Waals surface area contributed by atoms with Crippen LogP contribution in [0.2, 0.25) is 0 Å². The zero-order valence-corrected chi connectivity index (χ0v) is 12.8. The van der Waals surface area contributed by atoms with Gasteiger partial charge in [-0.05, 0) is 12.0 Å². The molecule has 2 rings (SSSR count). The number of thiazole rings is 1. The zero-order valence-electron chi connectivity index (χ0n) is 11.2. The van der Waals surface area contributed by atoms with Crippen molar-refractivity contribution in [3.05, 3.63) is 47.0 Å². The van der Waals surface area contributed by atoms with E-state index in [1.54, 1.807) is 7.05 Å². The van der Waals surface area contributed by atoms with Crippen molar-refractivity contribution < 1.29 is 8.42 Å². The summed E-state index contributed by atoms with van der Waals surface area (Å²) in [4.78, 5) is 4.23. The highest BCUT2D eigenvalue weighted by atomic mass is 32.2. The number of nitrogens with one attached hydrogen (secondary N) is 2. The average molecular weight is 311 g/mol. The van der Waals surface area contributed by atoms with E-state index in [0.717, 1.165) is 16.4 Å². The van der Waals surface area contributed by atoms with Crippen molar-refractivity contribution in [2.24, 2.45) is 0 Å². The summed E-state index contributed by atoms with van der Waals surface area (Å²) in [5, 5.41) is 5.54. The summed E-state index contributed by atoms with van der Waals surface area (Å²) in [6.07, 6.45) is 0.509. The van der Waals surface area contributed by atoms with E-state index in [9.17, 15) is 8.42 Å². The number of hydrogen-bond acceptors (Lipinski definition) is 5. The molecule has 0 saturated carbocycles. The Bertz CT molecular complexity index is 639. The molecule has 108 valence electrons. The highest BCUT2D eigenvalue weighted by Crippen LogP contribution is 2.14. The Kier molecular flexibility index (Phi) is 5.11. The minimum atomic E-state index is -3.28. The molecule has 1 aromatic carbocycles. The molecule has 5 nitrogen and oxygen atoms in total. The van der Waals surface area contributed by atoms with Crippen molar-refractivity contribution in [1.82, 2.24) is 9.71 Å². The Morgan fingerprint density at radius 3 is 2.65 bits per heavy atom. The molecule has 1 aromatic heterocycles. The van der Waals surface area contributed by atoms with Crippen LogP contribution in [0.5, 0.6) is 0 Å². The fourth-order valence-electron chi connectivity index (χ4n) is 1.66. The van der Waals surface area contributed by atoms with Crippen LogP contribution >= 0.6 is 11.3 Å². The molecular weight excluding hydrogens is 294 g/mol. The monoisotopic (exact) mass is 311 g/mol. The van der Waals surface area contributed by atoms with E-state index < -0.39 is 10.0 Å². The predicted octanol–water partition coefficient (Wildman–Crippen LogP) is 1.85. The number of sulfonamides is 1. The molecule has 0 aliphatic rings. The van der Waals surface area contributed by atoms with Crippen molar-refractivity contribution in [2.75, 3.05) is 18.1 Å². The van der Waals surface area contributed by atoms with Gasteiger partial charge in [0.15, 0.2) is 5.13 Å². The summed E-state index contributed by atoms with van der Waals surface area (Å²) in [5.74, 6) is 0.0834. The maximum atomic E-state index is 11.9. The van der Waals surface area contributed by atoms with Crippen LogP contribution in [0.25, 0.3) is 0 Å². The third-order valence-electron chi connectivity index (χ3n) is 2.74. The number of benzene rings is 1. The lowest BCUT2D eigenvalue weighted by Gasteiger charge is -2.05. The first-order valence-corrected chi connectivity index (χ1v) is 8.76. The van der Waals surface area contributed by atoms with Gasteiger partial charge in [0.2, 0.25) is 10.0 Å². The summed E-state index contributed by atoms with van der Waals surface area (Å²) >= 11 is 1.45. The van der Waals surface area contributed by atoms with Gasteiger partial charge in [-0.3, -0.25) is 0 Å². The van der Waals surface area contributed by atoms with Crippen LogP contribution in [0.1, 0.15) is 11.3 Å². The van der Waals surface area contributed by atoms with E-state index in [4.69, 9.17) is 0 Å². The highest BCUT2D eigenvalue weighted by Gasteiger charge is 2.11. The Balaban J connectivity index is 1.84. The number of aryl methyl sites for hydroxylation is 1. The number of nitrogens with zero attached hydrogens (tertiary/aromatic N) is 1. The molecule has 0 spiro atoms. The molecule has 1 heterocycles. The molecule has 0 amide bonds. The number of anilines is 1. The van der Waals surface area contributed by atoms with Gasteiger partial charge in [0, 0.05) is 12.4 Å². The van der Waals surface area contributed by atoms with Crippen molar-refractivity contribution >= 4 is 26.5 Å². The van der Waals surface area contributed by atoms with Crippen LogP contribution in [0, 0.1) is 0 Å². The normalized spacial score (nSPS) is 11.4. The van der Waals surface area contributed by atoms with Crippen LogP contribution < -0.4 is 10.0 Å². The number of hydrogen-bond donors (Lipinski definition) is 2. The lowest BCUT2D eigenvalue weighted by molar-refractivity contribution is 0.580. The first-order chi connectivity index (χ1) is 9.59. The van der Waals surface area contributed by atoms with Crippen molar-refractivity contribution in [1.29, 1.82) is 0 Å². The van der Waals surface area contributed by atoms with Gasteiger partial charge < -0.3 is 5.32 Å². The van der Waals surface area contributed by atoms with Crippen LogP contribution in [-0.4, -0.2) is 26.2 Å². The molecule has 0 bridgehead atoms. The van der Waals surface area contributed by atoms with Gasteiger partial charge in [0.05, 0.1) is 18.0 Å². The van der Waals surface area contributed by atoms with E-state index in [2.05, 4.69) is 15.0 Å². The first kappa shape index (κ1) is 15.0. The van der Waals surface area contributed by atoms with Gasteiger partial charge in [-0.15, -0.1) is 11.3 Å². The van der Waals surface area contributed by atoms with Gasteiger partial charge in [-0.25, -0.2) is 18.1 Å². The molecule has 7 heteroatoms. The third kappa shape index (κ3) is 4.59. The third-order valence-corrected chi connectivity index (χ3v) is 4.98. The fourth-order valence-corrected chi connectivity index (χ4v) is 3.34. The molecule has 0 saturated heterocycles. The van der Waals surface area contributed by atoms with Crippen LogP contribution in [0.3, 0.4) is 0 Å². The quantitative estimate of drug-likeness (QED) is 0.818. The Labute approximate surface area is 123 Å². The Morgan fingerprint density at radius 1 is 1.25 bits per heavy atom. The molecule has 0 fully saturated rings. The number of aromatic nitrogens is 1. The average Bonchev–Trinajstić information content (AvgIpc) is 2.93. The summed E-state index contributed by atoms with van der Waals surface area (Å²) in [7, 11) is -1.50. The molecule has 0 unspecified atom stereocenters. The minimum Gasteiger partial charge on any atom is -0.365 e. The van der Waals surface area contributed by atoms with E-state index in [1.165, 1.54) is 11.3 Å². The van der Waals surface area contributed by atoms with Gasteiger partial charge in [0.25, 0.3) is 0 Å². The summed E-state index contributed by atoms with van der Waals surface area (Å²) in [5.41, 5.74) is 1.74. The van der Waals surface area contributed by atoms with E-state index in [1.807, 2.05) is 35.7 Å². The molecule has 0 aliphatic heterocycles. The van der Waals surface area contributed by atoms with Crippen LogP contribution in [0.15, 0.2) is 35.7 Å². The van der Waals surface area contributed by atoms with E-state index >= 15 is 0 Å². The van der Waals surface area contributed by atoms with Gasteiger partial charge in [0.1, 0.15) is 0 Å². The SMILES string of the molecule is CNc1nc(CNS(=O)(=O)CCc2ccccc2)cs1. The van der Waals surface area contributed by atoms with Crippen molar-refractivity contribution in [3.8, 4) is 0 Å². The van der Waals surface area contributed by atoms with Crippen LogP contribution in [-0.2, 0) is 23.0 Å². The second-order valence-corrected chi connectivity index (χ2v) is 7.05. The molecule has 2 N–H and O–H groups in total.